The van der Waals surface area contributed by atoms with Crippen molar-refractivity contribution in [3.8, 4) is 0 Å². The second-order valence-corrected chi connectivity index (χ2v) is 2.77. The molecule has 0 aromatic carbocycles. The Kier molecular flexibility index (Phi) is 377. The van der Waals surface area contributed by atoms with Crippen molar-refractivity contribution < 1.29 is 199 Å². The molecule has 0 radical (unpaired) electrons. The summed E-state index contributed by atoms with van der Waals surface area (Å²) in [5.41, 5.74) is 0. The van der Waals surface area contributed by atoms with Crippen LogP contribution in [0.5, 0.6) is 0 Å². The smallest absolute Gasteiger partial charge is 1.00 e. The van der Waals surface area contributed by atoms with Crippen LogP contribution in [-0.4, -0.2) is 179 Å². The Morgan fingerprint density at radius 2 is 0.163 bits per heavy atom. The van der Waals surface area contributed by atoms with E-state index in [-0.39, 0.29) is 78.0 Å². The van der Waals surface area contributed by atoms with Crippen molar-refractivity contribution in [1.82, 2.24) is 0 Å². The van der Waals surface area contributed by atoms with Crippen LogP contribution in [0.2, 0.25) is 0 Å². The third kappa shape index (κ3) is 3370000. The van der Waals surface area contributed by atoms with Gasteiger partial charge in [0.25, 0.3) is 0 Å². The van der Waals surface area contributed by atoms with Crippen molar-refractivity contribution in [3.63, 3.8) is 0 Å². The Labute approximate surface area is 257 Å². The average molecular weight is 719 g/mol. The SMILES string of the molecule is F.F.F.F.F.F.F.F.F.F.OB(O)O.OB(O)O.OB(O)O.OB(O)O.OB(O)O.OB(O)O.OB(O)O.OB(O)O.[H-].[Na+]. The van der Waals surface area contributed by atoms with Crippen molar-refractivity contribution >= 4 is 58.6 Å². The topological polar surface area (TPSA) is 486 Å². The minimum atomic E-state index is -2.17. The van der Waals surface area contributed by atoms with Crippen molar-refractivity contribution in [2.45, 2.75) is 0 Å². The van der Waals surface area contributed by atoms with Gasteiger partial charge in [-0.2, -0.15) is 0 Å². The van der Waals surface area contributed by atoms with Gasteiger partial charge in [0.15, 0.2) is 0 Å². The van der Waals surface area contributed by atoms with Gasteiger partial charge < -0.3 is 122 Å². The second-order valence-electron chi connectivity index (χ2n) is 2.77. The molecule has 274 valence electrons. The van der Waals surface area contributed by atoms with E-state index in [1.165, 1.54) is 0 Å². The summed E-state index contributed by atoms with van der Waals surface area (Å²) in [4.78, 5) is 0. The third-order valence-electron chi connectivity index (χ3n) is 0. The van der Waals surface area contributed by atoms with Gasteiger partial charge in [-0.05, 0) is 0 Å². The molecule has 0 saturated carbocycles. The van der Waals surface area contributed by atoms with E-state index in [9.17, 15) is 0 Å². The van der Waals surface area contributed by atoms with Gasteiger partial charge in [-0.15, -0.1) is 0 Å². The molecule has 0 heterocycles. The molecular formula is H35B8F10NaO24. The molecule has 0 aromatic rings. The Bertz CT molecular complexity index is 183. The summed E-state index contributed by atoms with van der Waals surface area (Å²) in [7, 11) is -17.3. The molecular weight excluding hydrogens is 683 g/mol. The van der Waals surface area contributed by atoms with Crippen LogP contribution < -0.4 is 29.6 Å². The van der Waals surface area contributed by atoms with Gasteiger partial charge in [-0.25, -0.2) is 0 Å². The number of hydrogen-bond donors (Lipinski definition) is 24. The van der Waals surface area contributed by atoms with Gasteiger partial charge in [0.2, 0.25) is 0 Å². The van der Waals surface area contributed by atoms with Gasteiger partial charge in [-0.3, -0.25) is 47.0 Å². The molecule has 43 heavy (non-hydrogen) atoms. The van der Waals surface area contributed by atoms with E-state index in [1.807, 2.05) is 0 Å². The van der Waals surface area contributed by atoms with Gasteiger partial charge in [0, 0.05) is 0 Å². The summed E-state index contributed by atoms with van der Waals surface area (Å²) < 4.78 is 0. The van der Waals surface area contributed by atoms with Gasteiger partial charge >= 0.3 is 88.1 Å². The van der Waals surface area contributed by atoms with Crippen LogP contribution in [0.15, 0.2) is 0 Å². The fourth-order valence-corrected chi connectivity index (χ4v) is 0. The predicted octanol–water partition coefficient (Wildman–Crippen LogP) is -17.8. The van der Waals surface area contributed by atoms with E-state index in [0.29, 0.717) is 0 Å². The maximum Gasteiger partial charge on any atom is 1.00 e. The van der Waals surface area contributed by atoms with Crippen LogP contribution in [-0.2, 0) is 0 Å². The average Bonchev–Trinajstić information content (AvgIpc) is 2.30. The van der Waals surface area contributed by atoms with E-state index in [4.69, 9.17) is 121 Å². The Hall–Kier alpha value is -0.141. The molecule has 0 aliphatic heterocycles. The van der Waals surface area contributed by atoms with Crippen LogP contribution in [0, 0.1) is 0 Å². The van der Waals surface area contributed by atoms with Crippen molar-refractivity contribution in [2.24, 2.45) is 0 Å². The summed E-state index contributed by atoms with van der Waals surface area (Å²) in [5.74, 6) is 0. The molecule has 0 fully saturated rings. The molecule has 24 N–H and O–H groups in total. The first-order chi connectivity index (χ1) is 13.9. The minimum Gasteiger partial charge on any atom is -1.00 e. The molecule has 0 atom stereocenters. The molecule has 24 nitrogen and oxygen atoms in total. The molecule has 0 spiro atoms. The summed E-state index contributed by atoms with van der Waals surface area (Å²) >= 11 is 0. The molecule has 0 amide bonds. The van der Waals surface area contributed by atoms with Gasteiger partial charge in [0.1, 0.15) is 0 Å². The Morgan fingerprint density at radius 3 is 0.163 bits per heavy atom. The van der Waals surface area contributed by atoms with Crippen LogP contribution in [0.1, 0.15) is 1.43 Å². The molecule has 0 rings (SSSR count). The Balaban J connectivity index is -0.00000000800. The standard InChI is InChI=1S/8BH3O3.10FH.Na.H/c8*2-1(3)4;;;;;;;;;;;;/h8*2-4H;10*1H;;/q;;;;;;;;;;;;;;;;;;+1;-1. The van der Waals surface area contributed by atoms with Crippen LogP contribution >= 0.6 is 0 Å². The predicted molar refractivity (Wildman–Crippen MR) is 125 cm³/mol. The van der Waals surface area contributed by atoms with Crippen LogP contribution in [0.3, 0.4) is 0 Å². The summed E-state index contributed by atoms with van der Waals surface area (Å²) in [6.07, 6.45) is 0. The van der Waals surface area contributed by atoms with E-state index in [2.05, 4.69) is 0 Å². The monoisotopic (exact) mass is 720 g/mol. The summed E-state index contributed by atoms with van der Waals surface area (Å²) in [5, 5.41) is 172. The number of halogens is 10. The fourth-order valence-electron chi connectivity index (χ4n) is 0. The van der Waals surface area contributed by atoms with E-state index in [1.54, 1.807) is 0 Å². The minimum absolute atomic E-state index is 0. The number of hydrogen-bond acceptors (Lipinski definition) is 24. The maximum atomic E-state index is 7.17. The number of rotatable bonds is 0. The maximum absolute atomic E-state index is 7.17. The zero-order chi connectivity index (χ0) is 28.6. The van der Waals surface area contributed by atoms with E-state index < -0.39 is 58.6 Å². The second kappa shape index (κ2) is 123. The van der Waals surface area contributed by atoms with E-state index >= 15 is 0 Å². The van der Waals surface area contributed by atoms with E-state index in [0.717, 1.165) is 0 Å². The first-order valence-electron chi connectivity index (χ1n) is 6.20. The molecule has 0 aliphatic carbocycles. The molecule has 0 bridgehead atoms. The quantitative estimate of drug-likeness (QED) is 0.0816. The van der Waals surface area contributed by atoms with Crippen molar-refractivity contribution in [3.05, 3.63) is 0 Å². The van der Waals surface area contributed by atoms with Gasteiger partial charge in [0.05, 0.1) is 0 Å². The largest absolute Gasteiger partial charge is 1.00 e. The first kappa shape index (κ1) is 132. The summed E-state index contributed by atoms with van der Waals surface area (Å²) in [6, 6.07) is 0. The normalized spacial score (nSPS) is 5.02. The van der Waals surface area contributed by atoms with Crippen molar-refractivity contribution in [1.29, 1.82) is 0 Å². The first-order valence-corrected chi connectivity index (χ1v) is 6.20. The molecule has 0 saturated heterocycles. The summed E-state index contributed by atoms with van der Waals surface area (Å²) in [6.45, 7) is 0. The van der Waals surface area contributed by atoms with Crippen LogP contribution in [0.25, 0.3) is 0 Å². The molecule has 0 aromatic heterocycles. The third-order valence-corrected chi connectivity index (χ3v) is 0. The molecule has 43 heteroatoms. The Morgan fingerprint density at radius 1 is 0.163 bits per heavy atom. The fraction of sp³-hybridized carbons (Fsp3) is 0. The van der Waals surface area contributed by atoms with Gasteiger partial charge in [-0.1, -0.05) is 0 Å². The zero-order valence-electron chi connectivity index (χ0n) is 21.4. The molecule has 0 unspecified atom stereocenters. The van der Waals surface area contributed by atoms with Crippen molar-refractivity contribution in [2.75, 3.05) is 0 Å². The zero-order valence-corrected chi connectivity index (χ0v) is 22.4. The van der Waals surface area contributed by atoms with Crippen LogP contribution in [0.4, 0.5) is 47.0 Å². The molecule has 0 aliphatic rings.